The summed E-state index contributed by atoms with van der Waals surface area (Å²) in [6.45, 7) is 0. The van der Waals surface area contributed by atoms with E-state index in [1.54, 1.807) is 0 Å². The SMILES string of the molecule is OC1[C]CCC1. The Hall–Kier alpha value is -0.0400. The van der Waals surface area contributed by atoms with Gasteiger partial charge in [0, 0.05) is 6.42 Å². The predicted octanol–water partition coefficient (Wildman–Crippen LogP) is 0.612. The van der Waals surface area contributed by atoms with Gasteiger partial charge in [-0.15, -0.1) is 0 Å². The molecule has 0 aromatic heterocycles. The zero-order valence-corrected chi connectivity index (χ0v) is 3.65. The Bertz CT molecular complexity index is 37.2. The minimum absolute atomic E-state index is 0.204. The van der Waals surface area contributed by atoms with Crippen molar-refractivity contribution < 1.29 is 5.11 Å². The molecule has 0 aromatic carbocycles. The summed E-state index contributed by atoms with van der Waals surface area (Å²) < 4.78 is 0. The van der Waals surface area contributed by atoms with Crippen LogP contribution in [0.2, 0.25) is 0 Å². The van der Waals surface area contributed by atoms with Gasteiger partial charge in [-0.1, -0.05) is 6.42 Å². The molecule has 1 nitrogen and oxygen atoms in total. The Morgan fingerprint density at radius 1 is 1.67 bits per heavy atom. The van der Waals surface area contributed by atoms with Crippen molar-refractivity contribution in [1.82, 2.24) is 0 Å². The van der Waals surface area contributed by atoms with E-state index in [2.05, 4.69) is 6.42 Å². The Balaban J connectivity index is 2.18. The molecule has 1 heteroatoms. The molecule has 0 aromatic rings. The minimum atomic E-state index is -0.204. The predicted molar refractivity (Wildman–Crippen MR) is 23.1 cm³/mol. The van der Waals surface area contributed by atoms with E-state index < -0.39 is 0 Å². The van der Waals surface area contributed by atoms with E-state index in [0.717, 1.165) is 19.3 Å². The number of rotatable bonds is 0. The van der Waals surface area contributed by atoms with Crippen LogP contribution in [0.25, 0.3) is 0 Å². The van der Waals surface area contributed by atoms with E-state index in [0.29, 0.717) is 0 Å². The molecular weight excluding hydrogens is 76.1 g/mol. The van der Waals surface area contributed by atoms with Gasteiger partial charge in [-0.05, 0) is 12.8 Å². The highest BCUT2D eigenvalue weighted by Gasteiger charge is 2.10. The zero-order valence-electron chi connectivity index (χ0n) is 3.65. The van der Waals surface area contributed by atoms with Crippen molar-refractivity contribution >= 4 is 0 Å². The summed E-state index contributed by atoms with van der Waals surface area (Å²) in [6, 6.07) is 0. The molecule has 34 valence electrons. The molecule has 1 saturated carbocycles. The fourth-order valence-electron chi connectivity index (χ4n) is 0.666. The van der Waals surface area contributed by atoms with Crippen LogP contribution in [-0.4, -0.2) is 11.2 Å². The quantitative estimate of drug-likeness (QED) is 0.456. The molecular formula is C5H8O. The van der Waals surface area contributed by atoms with Crippen LogP contribution in [0.4, 0.5) is 0 Å². The smallest absolute Gasteiger partial charge is 0.0609 e. The molecule has 0 heterocycles. The van der Waals surface area contributed by atoms with E-state index >= 15 is 0 Å². The lowest BCUT2D eigenvalue weighted by Crippen LogP contribution is -1.95. The Morgan fingerprint density at radius 2 is 2.50 bits per heavy atom. The van der Waals surface area contributed by atoms with Gasteiger partial charge in [-0.3, -0.25) is 0 Å². The normalized spacial score (nSPS) is 25.5. The maximum Gasteiger partial charge on any atom is 0.0609 e. The zero-order chi connectivity index (χ0) is 4.41. The van der Waals surface area contributed by atoms with Gasteiger partial charge in [0.05, 0.1) is 6.10 Å². The molecule has 0 spiro atoms. The van der Waals surface area contributed by atoms with Crippen molar-refractivity contribution in [3.05, 3.63) is 6.42 Å². The van der Waals surface area contributed by atoms with E-state index in [4.69, 9.17) is 5.11 Å². The first kappa shape index (κ1) is 4.13. The van der Waals surface area contributed by atoms with Crippen molar-refractivity contribution in [2.24, 2.45) is 0 Å². The molecule has 6 heavy (non-hydrogen) atoms. The largest absolute Gasteiger partial charge is 0.393 e. The number of hydrogen-bond acceptors (Lipinski definition) is 1. The van der Waals surface area contributed by atoms with Gasteiger partial charge in [-0.2, -0.15) is 0 Å². The first-order valence-electron chi connectivity index (χ1n) is 2.31. The fourth-order valence-corrected chi connectivity index (χ4v) is 0.666. The third kappa shape index (κ3) is 0.716. The maximum absolute atomic E-state index is 8.62. The summed E-state index contributed by atoms with van der Waals surface area (Å²) in [5, 5.41) is 8.62. The molecule has 2 radical (unpaired) electrons. The highest BCUT2D eigenvalue weighted by atomic mass is 16.3. The van der Waals surface area contributed by atoms with Gasteiger partial charge in [0.15, 0.2) is 0 Å². The summed E-state index contributed by atoms with van der Waals surface area (Å²) in [5.41, 5.74) is 0. The third-order valence-electron chi connectivity index (χ3n) is 1.03. The van der Waals surface area contributed by atoms with E-state index in [1.807, 2.05) is 0 Å². The monoisotopic (exact) mass is 84.1 g/mol. The lowest BCUT2D eigenvalue weighted by atomic mass is 10.3. The lowest BCUT2D eigenvalue weighted by Gasteiger charge is -1.90. The first-order chi connectivity index (χ1) is 2.89. The van der Waals surface area contributed by atoms with Gasteiger partial charge in [-0.25, -0.2) is 0 Å². The second kappa shape index (κ2) is 1.61. The van der Waals surface area contributed by atoms with Gasteiger partial charge in [0.1, 0.15) is 0 Å². The van der Waals surface area contributed by atoms with Crippen molar-refractivity contribution in [3.63, 3.8) is 0 Å². The van der Waals surface area contributed by atoms with Crippen molar-refractivity contribution in [2.75, 3.05) is 0 Å². The maximum atomic E-state index is 8.62. The van der Waals surface area contributed by atoms with Crippen LogP contribution in [0.3, 0.4) is 0 Å². The Labute approximate surface area is 38.0 Å². The molecule has 1 fully saturated rings. The lowest BCUT2D eigenvalue weighted by molar-refractivity contribution is 0.215. The molecule has 0 saturated heterocycles. The molecule has 1 aliphatic carbocycles. The van der Waals surface area contributed by atoms with E-state index in [1.165, 1.54) is 0 Å². The van der Waals surface area contributed by atoms with Crippen LogP contribution in [0, 0.1) is 6.42 Å². The minimum Gasteiger partial charge on any atom is -0.393 e. The number of aliphatic hydroxyl groups is 1. The molecule has 0 amide bonds. The van der Waals surface area contributed by atoms with Crippen LogP contribution in [0.5, 0.6) is 0 Å². The highest BCUT2D eigenvalue weighted by molar-refractivity contribution is 4.81. The second-order valence-corrected chi connectivity index (χ2v) is 1.61. The van der Waals surface area contributed by atoms with Crippen LogP contribution < -0.4 is 0 Å². The van der Waals surface area contributed by atoms with E-state index in [-0.39, 0.29) is 6.10 Å². The summed E-state index contributed by atoms with van der Waals surface area (Å²) in [7, 11) is 0. The molecule has 1 N–H and O–H groups in total. The van der Waals surface area contributed by atoms with Gasteiger partial charge >= 0.3 is 0 Å². The van der Waals surface area contributed by atoms with Crippen LogP contribution >= 0.6 is 0 Å². The highest BCUT2D eigenvalue weighted by Crippen LogP contribution is 2.15. The van der Waals surface area contributed by atoms with Gasteiger partial charge in [0.25, 0.3) is 0 Å². The van der Waals surface area contributed by atoms with Crippen molar-refractivity contribution in [2.45, 2.75) is 25.4 Å². The molecule has 1 rings (SSSR count). The van der Waals surface area contributed by atoms with E-state index in [9.17, 15) is 0 Å². The summed E-state index contributed by atoms with van der Waals surface area (Å²) in [5.74, 6) is 0. The Kier molecular flexibility index (Phi) is 1.10. The van der Waals surface area contributed by atoms with Gasteiger partial charge < -0.3 is 5.11 Å². The Morgan fingerprint density at radius 3 is 2.67 bits per heavy atom. The first-order valence-corrected chi connectivity index (χ1v) is 2.31. The molecule has 0 aliphatic heterocycles. The van der Waals surface area contributed by atoms with Crippen LogP contribution in [0.15, 0.2) is 0 Å². The van der Waals surface area contributed by atoms with Crippen molar-refractivity contribution in [1.29, 1.82) is 0 Å². The summed E-state index contributed by atoms with van der Waals surface area (Å²) >= 11 is 0. The standard InChI is InChI=1S/C5H8O/c6-5-3-1-2-4-5/h5-6H,1-3H2. The number of hydrogen-bond donors (Lipinski definition) is 1. The van der Waals surface area contributed by atoms with Gasteiger partial charge in [0.2, 0.25) is 0 Å². The number of aliphatic hydroxyl groups excluding tert-OH is 1. The average Bonchev–Trinajstić information content (AvgIpc) is 1.86. The molecule has 0 bridgehead atoms. The molecule has 1 unspecified atom stereocenters. The van der Waals surface area contributed by atoms with Crippen LogP contribution in [0.1, 0.15) is 19.3 Å². The van der Waals surface area contributed by atoms with Crippen LogP contribution in [-0.2, 0) is 0 Å². The summed E-state index contributed by atoms with van der Waals surface area (Å²) in [6.07, 6.45) is 5.72. The van der Waals surface area contributed by atoms with Crippen molar-refractivity contribution in [3.8, 4) is 0 Å². The third-order valence-corrected chi connectivity index (χ3v) is 1.03. The summed E-state index contributed by atoms with van der Waals surface area (Å²) in [4.78, 5) is 0. The average molecular weight is 84.1 g/mol. The topological polar surface area (TPSA) is 20.2 Å². The molecule has 1 aliphatic rings. The fraction of sp³-hybridized carbons (Fsp3) is 0.800. The second-order valence-electron chi connectivity index (χ2n) is 1.61. The molecule has 1 atom stereocenters.